The van der Waals surface area contributed by atoms with Gasteiger partial charge in [0.05, 0.1) is 35.3 Å². The van der Waals surface area contributed by atoms with Crippen molar-refractivity contribution in [3.63, 3.8) is 0 Å². The van der Waals surface area contributed by atoms with Gasteiger partial charge in [0, 0.05) is 11.6 Å². The molecular weight excluding hydrogens is 430 g/mol. The average molecular weight is 452 g/mol. The maximum Gasteiger partial charge on any atom is 0.250 e. The Morgan fingerprint density at radius 3 is 2.59 bits per heavy atom. The Kier molecular flexibility index (Phi) is 4.05. The molecule has 3 fully saturated rings. The van der Waals surface area contributed by atoms with Gasteiger partial charge >= 0.3 is 0 Å². The SMILES string of the molecule is COc1ccc(N2C(=O)[C@@H]3[C@H]4CCCN4[C@]4(C(=O)Nc5c(Cl)cc(C)cc54)[C@H]3C2=O)cc1. The zero-order valence-electron chi connectivity index (χ0n) is 17.7. The number of imide groups is 1. The van der Waals surface area contributed by atoms with Crippen molar-refractivity contribution in [2.45, 2.75) is 31.3 Å². The molecule has 4 atom stereocenters. The second-order valence-corrected chi connectivity index (χ2v) is 9.41. The van der Waals surface area contributed by atoms with Gasteiger partial charge in [-0.25, -0.2) is 4.90 Å². The van der Waals surface area contributed by atoms with Crippen molar-refractivity contribution >= 4 is 40.7 Å². The minimum Gasteiger partial charge on any atom is -0.497 e. The summed E-state index contributed by atoms with van der Waals surface area (Å²) < 4.78 is 5.21. The van der Waals surface area contributed by atoms with Gasteiger partial charge < -0.3 is 10.1 Å². The summed E-state index contributed by atoms with van der Waals surface area (Å²) in [5.74, 6) is -1.55. The standard InChI is InChI=1S/C24H22ClN3O4/c1-12-10-15-20(16(25)11-12)26-23(31)24(15)19-18(17-4-3-9-27(17)24)21(29)28(22(19)30)13-5-7-14(32-2)8-6-13/h5-8,10-11,17-19H,3-4,9H2,1-2H3,(H,26,31)/t17-,18-,19-,24+/m1/s1. The molecule has 4 heterocycles. The van der Waals surface area contributed by atoms with Crippen molar-refractivity contribution in [2.75, 3.05) is 23.9 Å². The number of ether oxygens (including phenoxy) is 1. The second kappa shape index (κ2) is 6.56. The van der Waals surface area contributed by atoms with Crippen LogP contribution < -0.4 is 15.0 Å². The van der Waals surface area contributed by atoms with Crippen molar-refractivity contribution in [1.82, 2.24) is 4.90 Å². The summed E-state index contributed by atoms with van der Waals surface area (Å²) in [6.45, 7) is 2.58. The predicted octanol–water partition coefficient (Wildman–Crippen LogP) is 3.09. The van der Waals surface area contributed by atoms with Gasteiger partial charge in [0.2, 0.25) is 11.8 Å². The molecule has 0 aromatic heterocycles. The minimum absolute atomic E-state index is 0.157. The fourth-order valence-electron chi connectivity index (χ4n) is 6.38. The number of benzene rings is 2. The maximum atomic E-state index is 13.9. The second-order valence-electron chi connectivity index (χ2n) is 9.01. The van der Waals surface area contributed by atoms with Crippen molar-refractivity contribution in [1.29, 1.82) is 0 Å². The molecule has 1 N–H and O–H groups in total. The lowest BCUT2D eigenvalue weighted by molar-refractivity contribution is -0.135. The molecule has 0 radical (unpaired) electrons. The lowest BCUT2D eigenvalue weighted by Crippen LogP contribution is -2.54. The van der Waals surface area contributed by atoms with Crippen LogP contribution in [-0.4, -0.2) is 42.3 Å². The highest BCUT2D eigenvalue weighted by Gasteiger charge is 2.74. The lowest BCUT2D eigenvalue weighted by atomic mass is 9.75. The van der Waals surface area contributed by atoms with E-state index in [1.807, 2.05) is 13.0 Å². The number of anilines is 2. The Morgan fingerprint density at radius 1 is 1.12 bits per heavy atom. The molecule has 6 rings (SSSR count). The first kappa shape index (κ1) is 19.8. The molecule has 0 saturated carbocycles. The summed E-state index contributed by atoms with van der Waals surface area (Å²) in [6.07, 6.45) is 1.66. The predicted molar refractivity (Wildman–Crippen MR) is 119 cm³/mol. The van der Waals surface area contributed by atoms with E-state index in [9.17, 15) is 14.4 Å². The first-order valence-corrected chi connectivity index (χ1v) is 11.2. The number of amides is 3. The van der Waals surface area contributed by atoms with E-state index in [0.29, 0.717) is 34.3 Å². The van der Waals surface area contributed by atoms with Gasteiger partial charge in [0.25, 0.3) is 5.91 Å². The third-order valence-corrected chi connectivity index (χ3v) is 7.83. The Bertz CT molecular complexity index is 1200. The van der Waals surface area contributed by atoms with E-state index in [1.165, 1.54) is 4.90 Å². The number of aryl methyl sites for hydroxylation is 1. The van der Waals surface area contributed by atoms with Crippen LogP contribution in [0.5, 0.6) is 5.75 Å². The molecule has 7 nitrogen and oxygen atoms in total. The van der Waals surface area contributed by atoms with Crippen LogP contribution in [-0.2, 0) is 19.9 Å². The van der Waals surface area contributed by atoms with E-state index < -0.39 is 17.4 Å². The first-order chi connectivity index (χ1) is 15.4. The number of nitrogens with zero attached hydrogens (tertiary/aromatic N) is 2. The highest BCUT2D eigenvalue weighted by atomic mass is 35.5. The number of rotatable bonds is 2. The lowest BCUT2D eigenvalue weighted by Gasteiger charge is -2.36. The summed E-state index contributed by atoms with van der Waals surface area (Å²) in [5, 5.41) is 3.40. The summed E-state index contributed by atoms with van der Waals surface area (Å²) in [7, 11) is 1.56. The molecule has 2 aromatic rings. The Hall–Kier alpha value is -2.90. The molecule has 1 spiro atoms. The molecule has 32 heavy (non-hydrogen) atoms. The number of fused-ring (bicyclic) bond motifs is 7. The number of nitrogens with one attached hydrogen (secondary N) is 1. The maximum absolute atomic E-state index is 13.9. The van der Waals surface area contributed by atoms with Gasteiger partial charge in [-0.1, -0.05) is 17.7 Å². The summed E-state index contributed by atoms with van der Waals surface area (Å²) in [6, 6.07) is 10.4. The van der Waals surface area contributed by atoms with Crippen molar-refractivity contribution in [2.24, 2.45) is 11.8 Å². The normalized spacial score (nSPS) is 30.7. The average Bonchev–Trinajstić information content (AvgIpc) is 3.47. The number of halogens is 1. The first-order valence-electron chi connectivity index (χ1n) is 10.8. The van der Waals surface area contributed by atoms with Gasteiger partial charge in [-0.05, 0) is 62.2 Å². The minimum atomic E-state index is -1.22. The highest BCUT2D eigenvalue weighted by Crippen LogP contribution is 2.61. The number of hydrogen-bond donors (Lipinski definition) is 1. The molecule has 0 aliphatic carbocycles. The molecule has 0 unspecified atom stereocenters. The molecule has 8 heteroatoms. The Balaban J connectivity index is 1.54. The quantitative estimate of drug-likeness (QED) is 0.710. The van der Waals surface area contributed by atoms with Crippen molar-refractivity contribution in [3.05, 3.63) is 52.5 Å². The Labute approximate surface area is 190 Å². The molecule has 3 saturated heterocycles. The monoisotopic (exact) mass is 451 g/mol. The smallest absolute Gasteiger partial charge is 0.250 e. The molecule has 164 valence electrons. The summed E-state index contributed by atoms with van der Waals surface area (Å²) >= 11 is 6.50. The van der Waals surface area contributed by atoms with Gasteiger partial charge in [0.1, 0.15) is 11.3 Å². The molecule has 2 aromatic carbocycles. The fraction of sp³-hybridized carbons (Fsp3) is 0.375. The molecular formula is C24H22ClN3O4. The Morgan fingerprint density at radius 2 is 1.88 bits per heavy atom. The largest absolute Gasteiger partial charge is 0.497 e. The number of carbonyl (C=O) groups is 3. The third-order valence-electron chi connectivity index (χ3n) is 7.53. The van der Waals surface area contributed by atoms with Crippen LogP contribution in [0.2, 0.25) is 5.02 Å². The number of methoxy groups -OCH3 is 1. The number of carbonyl (C=O) groups excluding carboxylic acids is 3. The van der Waals surface area contributed by atoms with E-state index in [1.54, 1.807) is 37.4 Å². The van der Waals surface area contributed by atoms with Crippen LogP contribution in [0, 0.1) is 18.8 Å². The summed E-state index contributed by atoms with van der Waals surface area (Å²) in [5.41, 5.74) is 1.45. The van der Waals surface area contributed by atoms with E-state index in [0.717, 1.165) is 18.4 Å². The van der Waals surface area contributed by atoms with Gasteiger partial charge in [-0.2, -0.15) is 0 Å². The van der Waals surface area contributed by atoms with E-state index >= 15 is 0 Å². The highest BCUT2D eigenvalue weighted by molar-refractivity contribution is 6.35. The zero-order chi connectivity index (χ0) is 22.4. The van der Waals surface area contributed by atoms with E-state index in [4.69, 9.17) is 16.3 Å². The van der Waals surface area contributed by atoms with E-state index in [2.05, 4.69) is 10.2 Å². The third kappa shape index (κ3) is 2.22. The molecule has 4 aliphatic rings. The van der Waals surface area contributed by atoms with Crippen LogP contribution in [0.3, 0.4) is 0 Å². The van der Waals surface area contributed by atoms with Crippen LogP contribution in [0.4, 0.5) is 11.4 Å². The zero-order valence-corrected chi connectivity index (χ0v) is 18.5. The summed E-state index contributed by atoms with van der Waals surface area (Å²) in [4.78, 5) is 44.6. The van der Waals surface area contributed by atoms with Gasteiger partial charge in [0.15, 0.2) is 0 Å². The van der Waals surface area contributed by atoms with Crippen molar-refractivity contribution < 1.29 is 19.1 Å². The van der Waals surface area contributed by atoms with Gasteiger partial charge in [-0.3, -0.25) is 19.3 Å². The molecule has 0 bridgehead atoms. The molecule has 3 amide bonds. The van der Waals surface area contributed by atoms with Crippen molar-refractivity contribution in [3.8, 4) is 5.75 Å². The topological polar surface area (TPSA) is 79.0 Å². The number of hydrogen-bond acceptors (Lipinski definition) is 5. The fourth-order valence-corrected chi connectivity index (χ4v) is 6.70. The van der Waals surface area contributed by atoms with Crippen LogP contribution in [0.1, 0.15) is 24.0 Å². The van der Waals surface area contributed by atoms with E-state index in [-0.39, 0.29) is 23.8 Å². The van der Waals surface area contributed by atoms with Crippen LogP contribution in [0.25, 0.3) is 0 Å². The van der Waals surface area contributed by atoms with Gasteiger partial charge in [-0.15, -0.1) is 0 Å². The van der Waals surface area contributed by atoms with Crippen LogP contribution >= 0.6 is 11.6 Å². The molecule has 4 aliphatic heterocycles. The van der Waals surface area contributed by atoms with Crippen LogP contribution in [0.15, 0.2) is 36.4 Å².